The zero-order chi connectivity index (χ0) is 16.7. The fourth-order valence-electron chi connectivity index (χ4n) is 2.99. The molecule has 5 nitrogen and oxygen atoms in total. The fraction of sp³-hybridized carbons (Fsp3) is 0.556. The number of benzene rings is 1. The average molecular weight is 317 g/mol. The van der Waals surface area contributed by atoms with Crippen molar-refractivity contribution in [3.63, 3.8) is 0 Å². The Morgan fingerprint density at radius 1 is 1.30 bits per heavy atom. The predicted molar refractivity (Wildman–Crippen MR) is 92.9 cm³/mol. The summed E-state index contributed by atoms with van der Waals surface area (Å²) in [6.07, 6.45) is 3.36. The number of nitrogens with zero attached hydrogens (tertiary/aromatic N) is 2. The second-order valence-corrected chi connectivity index (χ2v) is 6.24. The van der Waals surface area contributed by atoms with E-state index in [9.17, 15) is 9.59 Å². The molecular weight excluding hydrogens is 290 g/mol. The number of hydrogen-bond acceptors (Lipinski definition) is 4. The van der Waals surface area contributed by atoms with Gasteiger partial charge in [-0.2, -0.15) is 0 Å². The van der Waals surface area contributed by atoms with Crippen LogP contribution in [0.4, 0.5) is 5.69 Å². The van der Waals surface area contributed by atoms with Crippen LogP contribution in [0.15, 0.2) is 18.2 Å². The lowest BCUT2D eigenvalue weighted by Crippen LogP contribution is -2.41. The van der Waals surface area contributed by atoms with Crippen molar-refractivity contribution >= 4 is 17.9 Å². The summed E-state index contributed by atoms with van der Waals surface area (Å²) in [7, 11) is 0. The Morgan fingerprint density at radius 2 is 2.04 bits per heavy atom. The van der Waals surface area contributed by atoms with Crippen LogP contribution in [-0.2, 0) is 9.59 Å². The van der Waals surface area contributed by atoms with Gasteiger partial charge in [0.2, 0.25) is 5.91 Å². The molecule has 0 spiro atoms. The number of aryl methyl sites for hydroxylation is 2. The highest BCUT2D eigenvalue weighted by Crippen LogP contribution is 2.20. The van der Waals surface area contributed by atoms with Crippen molar-refractivity contribution in [2.24, 2.45) is 0 Å². The molecule has 0 saturated carbocycles. The third-order valence-electron chi connectivity index (χ3n) is 4.28. The number of aldehydes is 1. The molecule has 0 unspecified atom stereocenters. The van der Waals surface area contributed by atoms with Crippen LogP contribution in [0.2, 0.25) is 0 Å². The van der Waals surface area contributed by atoms with E-state index in [0.29, 0.717) is 6.54 Å². The van der Waals surface area contributed by atoms with Crippen molar-refractivity contribution < 1.29 is 9.59 Å². The third kappa shape index (κ3) is 5.36. The maximum atomic E-state index is 12.2. The van der Waals surface area contributed by atoms with E-state index in [4.69, 9.17) is 0 Å². The highest BCUT2D eigenvalue weighted by atomic mass is 16.2. The van der Waals surface area contributed by atoms with Crippen LogP contribution < -0.4 is 10.2 Å². The summed E-state index contributed by atoms with van der Waals surface area (Å²) < 4.78 is 0. The standard InChI is InChI=1S/C18H27N3O2/c1-15-5-6-16(2)17(13-15)21(11-12-22)14-18(23)19-7-10-20-8-3-4-9-20/h5-6,12-13H,3-4,7-11,14H2,1-2H3,(H,19,23). The van der Waals surface area contributed by atoms with Crippen LogP contribution >= 0.6 is 0 Å². The van der Waals surface area contributed by atoms with Crippen molar-refractivity contribution in [3.05, 3.63) is 29.3 Å². The van der Waals surface area contributed by atoms with Crippen LogP contribution in [0.25, 0.3) is 0 Å². The minimum Gasteiger partial charge on any atom is -0.355 e. The molecule has 1 saturated heterocycles. The van der Waals surface area contributed by atoms with Crippen LogP contribution in [0.1, 0.15) is 24.0 Å². The molecular formula is C18H27N3O2. The number of rotatable bonds is 8. The Kier molecular flexibility index (Phi) is 6.59. The van der Waals surface area contributed by atoms with Crippen LogP contribution in [-0.4, -0.2) is 56.4 Å². The molecule has 0 radical (unpaired) electrons. The first-order valence-electron chi connectivity index (χ1n) is 8.35. The second-order valence-electron chi connectivity index (χ2n) is 6.24. The van der Waals surface area contributed by atoms with Gasteiger partial charge in [0.05, 0.1) is 13.1 Å². The third-order valence-corrected chi connectivity index (χ3v) is 4.28. The topological polar surface area (TPSA) is 52.7 Å². The fourth-order valence-corrected chi connectivity index (χ4v) is 2.99. The van der Waals surface area contributed by atoms with E-state index >= 15 is 0 Å². The Morgan fingerprint density at radius 3 is 2.74 bits per heavy atom. The van der Waals surface area contributed by atoms with Crippen molar-refractivity contribution in [3.8, 4) is 0 Å². The molecule has 1 aromatic carbocycles. The van der Waals surface area contributed by atoms with Crippen molar-refractivity contribution in [1.29, 1.82) is 0 Å². The quantitative estimate of drug-likeness (QED) is 0.739. The van der Waals surface area contributed by atoms with E-state index in [-0.39, 0.29) is 19.0 Å². The van der Waals surface area contributed by atoms with Gasteiger partial charge in [0.1, 0.15) is 6.29 Å². The molecule has 1 aliphatic rings. The maximum Gasteiger partial charge on any atom is 0.239 e. The van der Waals surface area contributed by atoms with E-state index < -0.39 is 0 Å². The molecule has 0 aliphatic carbocycles. The van der Waals surface area contributed by atoms with E-state index in [2.05, 4.69) is 10.2 Å². The second kappa shape index (κ2) is 8.67. The summed E-state index contributed by atoms with van der Waals surface area (Å²) >= 11 is 0. The molecule has 23 heavy (non-hydrogen) atoms. The minimum absolute atomic E-state index is 0.0352. The summed E-state index contributed by atoms with van der Waals surface area (Å²) in [5.74, 6) is -0.0352. The van der Waals surface area contributed by atoms with Gasteiger partial charge in [0.25, 0.3) is 0 Å². The molecule has 1 aliphatic heterocycles. The summed E-state index contributed by atoms with van der Waals surface area (Å²) in [5, 5.41) is 2.96. The minimum atomic E-state index is -0.0352. The summed E-state index contributed by atoms with van der Waals surface area (Å²) in [6, 6.07) is 6.08. The summed E-state index contributed by atoms with van der Waals surface area (Å²) in [5.41, 5.74) is 3.14. The van der Waals surface area contributed by atoms with Crippen LogP contribution in [0.3, 0.4) is 0 Å². The van der Waals surface area contributed by atoms with Crippen molar-refractivity contribution in [1.82, 2.24) is 10.2 Å². The number of anilines is 1. The van der Waals surface area contributed by atoms with Gasteiger partial charge >= 0.3 is 0 Å². The van der Waals surface area contributed by atoms with Crippen molar-refractivity contribution in [2.75, 3.05) is 44.2 Å². The predicted octanol–water partition coefficient (Wildman–Crippen LogP) is 1.52. The molecule has 1 heterocycles. The number of carbonyl (C=O) groups is 2. The lowest BCUT2D eigenvalue weighted by atomic mass is 10.1. The van der Waals surface area contributed by atoms with Crippen LogP contribution in [0.5, 0.6) is 0 Å². The van der Waals surface area contributed by atoms with Gasteiger partial charge in [0, 0.05) is 18.8 Å². The van der Waals surface area contributed by atoms with E-state index in [1.54, 1.807) is 0 Å². The molecule has 2 rings (SSSR count). The zero-order valence-corrected chi connectivity index (χ0v) is 14.2. The first kappa shape index (κ1) is 17.5. The Hall–Kier alpha value is -1.88. The van der Waals surface area contributed by atoms with Gasteiger partial charge in [-0.15, -0.1) is 0 Å². The Bertz CT molecular complexity index is 539. The molecule has 0 atom stereocenters. The summed E-state index contributed by atoms with van der Waals surface area (Å²) in [4.78, 5) is 27.4. The number of nitrogens with one attached hydrogen (secondary N) is 1. The average Bonchev–Trinajstić information content (AvgIpc) is 3.02. The number of likely N-dealkylation sites (tertiary alicyclic amines) is 1. The van der Waals surface area contributed by atoms with Crippen molar-refractivity contribution in [2.45, 2.75) is 26.7 Å². The number of amides is 1. The summed E-state index contributed by atoms with van der Waals surface area (Å²) in [6.45, 7) is 8.29. The largest absolute Gasteiger partial charge is 0.355 e. The molecule has 1 fully saturated rings. The Balaban J connectivity index is 1.88. The first-order valence-corrected chi connectivity index (χ1v) is 8.35. The SMILES string of the molecule is Cc1ccc(C)c(N(CC=O)CC(=O)NCCN2CCCC2)c1. The zero-order valence-electron chi connectivity index (χ0n) is 14.2. The van der Waals surface area contributed by atoms with Gasteiger partial charge < -0.3 is 19.9 Å². The first-order chi connectivity index (χ1) is 11.1. The molecule has 1 amide bonds. The number of hydrogen-bond donors (Lipinski definition) is 1. The van der Waals surface area contributed by atoms with Gasteiger partial charge in [-0.05, 0) is 57.0 Å². The number of carbonyl (C=O) groups excluding carboxylic acids is 2. The smallest absolute Gasteiger partial charge is 0.239 e. The molecule has 126 valence electrons. The highest BCUT2D eigenvalue weighted by Gasteiger charge is 2.15. The maximum absolute atomic E-state index is 12.2. The Labute approximate surface area is 138 Å². The van der Waals surface area contributed by atoms with Crippen LogP contribution in [0, 0.1) is 13.8 Å². The molecule has 1 N–H and O–H groups in total. The van der Waals surface area contributed by atoms with E-state index in [0.717, 1.165) is 42.7 Å². The van der Waals surface area contributed by atoms with Gasteiger partial charge in [-0.1, -0.05) is 12.1 Å². The molecule has 5 heteroatoms. The normalized spacial score (nSPS) is 14.7. The lowest BCUT2D eigenvalue weighted by molar-refractivity contribution is -0.119. The van der Waals surface area contributed by atoms with E-state index in [1.165, 1.54) is 12.8 Å². The van der Waals surface area contributed by atoms with Gasteiger partial charge in [-0.3, -0.25) is 4.79 Å². The lowest BCUT2D eigenvalue weighted by Gasteiger charge is -2.24. The van der Waals surface area contributed by atoms with E-state index in [1.807, 2.05) is 36.9 Å². The monoisotopic (exact) mass is 317 g/mol. The molecule has 1 aromatic rings. The van der Waals surface area contributed by atoms with Gasteiger partial charge in [-0.25, -0.2) is 0 Å². The molecule has 0 bridgehead atoms. The van der Waals surface area contributed by atoms with Gasteiger partial charge in [0.15, 0.2) is 0 Å². The molecule has 0 aromatic heterocycles. The highest BCUT2D eigenvalue weighted by molar-refractivity contribution is 5.83.